The highest BCUT2D eigenvalue weighted by atomic mass is 19.3. The van der Waals surface area contributed by atoms with Crippen LogP contribution in [0.2, 0.25) is 0 Å². The van der Waals surface area contributed by atoms with Gasteiger partial charge in [-0.1, -0.05) is 6.92 Å². The third-order valence-corrected chi connectivity index (χ3v) is 1.66. The molecule has 0 atom stereocenters. The fourth-order valence-electron chi connectivity index (χ4n) is 1.14. The number of benzene rings is 1. The molecule has 1 nitrogen and oxygen atoms in total. The Morgan fingerprint density at radius 3 is 2.71 bits per heavy atom. The molecule has 0 saturated carbocycles. The molecule has 0 spiro atoms. The van der Waals surface area contributed by atoms with Crippen molar-refractivity contribution in [3.8, 4) is 5.75 Å². The molecule has 1 rings (SSSR count). The summed E-state index contributed by atoms with van der Waals surface area (Å²) >= 11 is 0. The number of rotatable bonds is 4. The predicted octanol–water partition coefficient (Wildman–Crippen LogP) is 3.19. The van der Waals surface area contributed by atoms with Crippen molar-refractivity contribution in [2.24, 2.45) is 0 Å². The number of alkyl halides is 2. The molecule has 0 aliphatic heterocycles. The molecule has 0 bridgehead atoms. The van der Waals surface area contributed by atoms with Gasteiger partial charge in [-0.2, -0.15) is 8.78 Å². The zero-order chi connectivity index (χ0) is 10.6. The predicted molar refractivity (Wildman–Crippen MR) is 46.7 cm³/mol. The number of ether oxygens (including phenoxy) is 1. The maximum absolute atomic E-state index is 12.8. The highest BCUT2D eigenvalue weighted by Crippen LogP contribution is 2.22. The Morgan fingerprint density at radius 2 is 2.14 bits per heavy atom. The summed E-state index contributed by atoms with van der Waals surface area (Å²) in [4.78, 5) is 0. The molecule has 77 valence electrons. The molecule has 0 heterocycles. The van der Waals surface area contributed by atoms with E-state index in [1.54, 1.807) is 13.3 Å². The van der Waals surface area contributed by atoms with Crippen molar-refractivity contribution < 1.29 is 17.9 Å². The molecule has 0 aliphatic carbocycles. The summed E-state index contributed by atoms with van der Waals surface area (Å²) in [5, 5.41) is 0. The first-order chi connectivity index (χ1) is 6.63. The Bertz CT molecular complexity index is 299. The van der Waals surface area contributed by atoms with E-state index in [1.807, 2.05) is 0 Å². The van der Waals surface area contributed by atoms with Crippen LogP contribution in [0.1, 0.15) is 12.5 Å². The lowest BCUT2D eigenvalue weighted by atomic mass is 10.1. The van der Waals surface area contributed by atoms with Crippen LogP contribution in [0.4, 0.5) is 13.2 Å². The first kappa shape index (κ1) is 10.9. The first-order valence-corrected chi connectivity index (χ1v) is 4.14. The van der Waals surface area contributed by atoms with Crippen LogP contribution in [0.5, 0.6) is 5.75 Å². The van der Waals surface area contributed by atoms with Crippen molar-refractivity contribution in [1.82, 2.24) is 0 Å². The van der Waals surface area contributed by atoms with E-state index in [1.165, 1.54) is 12.1 Å². The van der Waals surface area contributed by atoms with E-state index in [2.05, 4.69) is 4.74 Å². The SMILES string of the molecule is C[CH]Cc1cc(F)ccc1OC(F)F. The van der Waals surface area contributed by atoms with Gasteiger partial charge in [0.2, 0.25) is 0 Å². The summed E-state index contributed by atoms with van der Waals surface area (Å²) < 4.78 is 40.8. The minimum Gasteiger partial charge on any atom is -0.435 e. The fourth-order valence-corrected chi connectivity index (χ4v) is 1.14. The lowest BCUT2D eigenvalue weighted by Gasteiger charge is -2.09. The van der Waals surface area contributed by atoms with Crippen molar-refractivity contribution in [2.45, 2.75) is 20.0 Å². The van der Waals surface area contributed by atoms with Gasteiger partial charge >= 0.3 is 6.61 Å². The van der Waals surface area contributed by atoms with Crippen LogP contribution in [0.15, 0.2) is 18.2 Å². The average Bonchev–Trinajstić information content (AvgIpc) is 2.09. The maximum Gasteiger partial charge on any atom is 0.387 e. The van der Waals surface area contributed by atoms with Gasteiger partial charge in [0.1, 0.15) is 11.6 Å². The quantitative estimate of drug-likeness (QED) is 0.730. The molecule has 14 heavy (non-hydrogen) atoms. The van der Waals surface area contributed by atoms with Crippen LogP contribution < -0.4 is 4.74 Å². The highest BCUT2D eigenvalue weighted by molar-refractivity contribution is 5.34. The molecular weight excluding hydrogens is 193 g/mol. The molecule has 0 aromatic heterocycles. The second kappa shape index (κ2) is 4.88. The molecule has 0 aliphatic rings. The normalized spacial score (nSPS) is 10.6. The van der Waals surface area contributed by atoms with Crippen LogP contribution in [-0.2, 0) is 6.42 Å². The lowest BCUT2D eigenvalue weighted by molar-refractivity contribution is -0.0504. The Morgan fingerprint density at radius 1 is 1.43 bits per heavy atom. The minimum atomic E-state index is -2.88. The molecule has 0 fully saturated rings. The summed E-state index contributed by atoms with van der Waals surface area (Å²) in [6, 6.07) is 3.49. The Labute approximate surface area is 80.5 Å². The summed E-state index contributed by atoms with van der Waals surface area (Å²) in [5.74, 6) is -0.428. The second-order valence-corrected chi connectivity index (χ2v) is 2.74. The minimum absolute atomic E-state index is 0.0273. The van der Waals surface area contributed by atoms with Crippen LogP contribution in [0.3, 0.4) is 0 Å². The van der Waals surface area contributed by atoms with Gasteiger partial charge < -0.3 is 4.74 Å². The molecule has 1 aromatic rings. The molecular formula is C10H10F3O. The fraction of sp³-hybridized carbons (Fsp3) is 0.300. The number of halogens is 3. The first-order valence-electron chi connectivity index (χ1n) is 4.14. The van der Waals surface area contributed by atoms with Gasteiger partial charge in [-0.25, -0.2) is 4.39 Å². The van der Waals surface area contributed by atoms with E-state index in [9.17, 15) is 13.2 Å². The molecule has 0 saturated heterocycles. The lowest BCUT2D eigenvalue weighted by Crippen LogP contribution is -2.04. The molecule has 0 N–H and O–H groups in total. The van der Waals surface area contributed by atoms with Crippen LogP contribution in [0.25, 0.3) is 0 Å². The van der Waals surface area contributed by atoms with E-state index in [0.29, 0.717) is 12.0 Å². The Balaban J connectivity index is 2.89. The van der Waals surface area contributed by atoms with Crippen molar-refractivity contribution in [3.05, 3.63) is 36.0 Å². The van der Waals surface area contributed by atoms with Crippen LogP contribution >= 0.6 is 0 Å². The topological polar surface area (TPSA) is 9.23 Å². The van der Waals surface area contributed by atoms with Gasteiger partial charge in [0.15, 0.2) is 0 Å². The summed E-state index contributed by atoms with van der Waals surface area (Å²) in [6.07, 6.45) is 2.15. The monoisotopic (exact) mass is 203 g/mol. The van der Waals surface area contributed by atoms with Gasteiger partial charge in [0.05, 0.1) is 0 Å². The summed E-state index contributed by atoms with van der Waals surface area (Å²) in [6.45, 7) is -1.12. The van der Waals surface area contributed by atoms with Crippen molar-refractivity contribution in [1.29, 1.82) is 0 Å². The highest BCUT2D eigenvalue weighted by Gasteiger charge is 2.09. The van der Waals surface area contributed by atoms with Gasteiger partial charge in [0.25, 0.3) is 0 Å². The Hall–Kier alpha value is -1.19. The Kier molecular flexibility index (Phi) is 3.80. The molecule has 4 heteroatoms. The van der Waals surface area contributed by atoms with Gasteiger partial charge in [0, 0.05) is 0 Å². The van der Waals surface area contributed by atoms with Crippen molar-refractivity contribution >= 4 is 0 Å². The zero-order valence-electron chi connectivity index (χ0n) is 7.64. The summed E-state index contributed by atoms with van der Waals surface area (Å²) in [5.41, 5.74) is 0.424. The van der Waals surface area contributed by atoms with Crippen LogP contribution in [-0.4, -0.2) is 6.61 Å². The summed E-state index contributed by atoms with van der Waals surface area (Å²) in [7, 11) is 0. The van der Waals surface area contributed by atoms with E-state index in [-0.39, 0.29) is 5.75 Å². The third-order valence-electron chi connectivity index (χ3n) is 1.66. The smallest absolute Gasteiger partial charge is 0.387 e. The van der Waals surface area contributed by atoms with Crippen molar-refractivity contribution in [3.63, 3.8) is 0 Å². The largest absolute Gasteiger partial charge is 0.435 e. The molecule has 1 radical (unpaired) electrons. The standard InChI is InChI=1S/C10H10F3O/c1-2-3-7-6-8(11)4-5-9(7)14-10(12)13/h2,4-6,10H,3H2,1H3. The average molecular weight is 203 g/mol. The third kappa shape index (κ3) is 2.94. The molecule has 0 amide bonds. The number of hydrogen-bond acceptors (Lipinski definition) is 1. The van der Waals surface area contributed by atoms with Crippen LogP contribution in [0, 0.1) is 12.2 Å². The van der Waals surface area contributed by atoms with Gasteiger partial charge in [-0.15, -0.1) is 0 Å². The maximum atomic E-state index is 12.8. The number of hydrogen-bond donors (Lipinski definition) is 0. The van der Waals surface area contributed by atoms with E-state index in [4.69, 9.17) is 0 Å². The molecule has 0 unspecified atom stereocenters. The zero-order valence-corrected chi connectivity index (χ0v) is 7.64. The molecule has 1 aromatic carbocycles. The van der Waals surface area contributed by atoms with E-state index < -0.39 is 12.4 Å². The van der Waals surface area contributed by atoms with E-state index in [0.717, 1.165) is 6.07 Å². The van der Waals surface area contributed by atoms with Gasteiger partial charge in [-0.05, 0) is 36.6 Å². The second-order valence-electron chi connectivity index (χ2n) is 2.74. The van der Waals surface area contributed by atoms with Gasteiger partial charge in [-0.3, -0.25) is 0 Å². The van der Waals surface area contributed by atoms with Crippen molar-refractivity contribution in [2.75, 3.05) is 0 Å². The van der Waals surface area contributed by atoms with E-state index >= 15 is 0 Å².